The Kier molecular flexibility index (Phi) is 3.51. The number of carbonyl (C=O) groups is 2. The summed E-state index contributed by atoms with van der Waals surface area (Å²) < 4.78 is 5.11. The summed E-state index contributed by atoms with van der Waals surface area (Å²) in [6, 6.07) is 0. The first kappa shape index (κ1) is 14.8. The Balaban J connectivity index is 1.87. The molecule has 5 heteroatoms. The van der Waals surface area contributed by atoms with Gasteiger partial charge in [0.2, 0.25) is 11.8 Å². The Morgan fingerprint density at radius 2 is 1.81 bits per heavy atom. The minimum absolute atomic E-state index is 0.0383. The van der Waals surface area contributed by atoms with Crippen molar-refractivity contribution in [3.8, 4) is 0 Å². The van der Waals surface area contributed by atoms with E-state index in [0.29, 0.717) is 25.0 Å². The van der Waals surface area contributed by atoms with Crippen LogP contribution in [0.15, 0.2) is 0 Å². The van der Waals surface area contributed by atoms with Crippen molar-refractivity contribution in [1.29, 1.82) is 0 Å². The molecule has 1 saturated heterocycles. The van der Waals surface area contributed by atoms with Crippen LogP contribution in [-0.2, 0) is 14.3 Å². The lowest BCUT2D eigenvalue weighted by atomic mass is 9.81. The van der Waals surface area contributed by atoms with Crippen molar-refractivity contribution >= 4 is 11.8 Å². The molecule has 0 aromatic rings. The van der Waals surface area contributed by atoms with Crippen LogP contribution < -0.4 is 5.32 Å². The molecule has 0 radical (unpaired) electrons. The molecule has 0 aromatic heterocycles. The van der Waals surface area contributed by atoms with Crippen LogP contribution in [0.2, 0.25) is 0 Å². The van der Waals surface area contributed by atoms with Crippen molar-refractivity contribution in [2.75, 3.05) is 20.3 Å². The van der Waals surface area contributed by atoms with E-state index >= 15 is 0 Å². The predicted molar refractivity (Wildman–Crippen MR) is 78.6 cm³/mol. The molecule has 21 heavy (non-hydrogen) atoms. The molecular formula is C16H26N2O3. The highest BCUT2D eigenvalue weighted by Gasteiger charge is 2.62. The van der Waals surface area contributed by atoms with Crippen LogP contribution in [-0.4, -0.2) is 48.1 Å². The zero-order chi connectivity index (χ0) is 15.3. The van der Waals surface area contributed by atoms with Gasteiger partial charge in [0.1, 0.15) is 11.1 Å². The fraction of sp³-hybridized carbons (Fsp3) is 0.875. The van der Waals surface area contributed by atoms with Crippen molar-refractivity contribution in [2.45, 2.75) is 57.0 Å². The number of ether oxygens (including phenoxy) is 1. The third-order valence-corrected chi connectivity index (χ3v) is 5.58. The van der Waals surface area contributed by atoms with Gasteiger partial charge >= 0.3 is 0 Å². The number of carbonyl (C=O) groups excluding carboxylic acids is 2. The number of amides is 2. The van der Waals surface area contributed by atoms with E-state index in [1.165, 1.54) is 0 Å². The molecule has 118 valence electrons. The fourth-order valence-electron chi connectivity index (χ4n) is 3.72. The van der Waals surface area contributed by atoms with Crippen LogP contribution in [0.5, 0.6) is 0 Å². The summed E-state index contributed by atoms with van der Waals surface area (Å²) in [4.78, 5) is 27.7. The number of piperazine rings is 1. The Morgan fingerprint density at radius 3 is 2.33 bits per heavy atom. The maximum atomic E-state index is 13.1. The Morgan fingerprint density at radius 1 is 1.19 bits per heavy atom. The summed E-state index contributed by atoms with van der Waals surface area (Å²) in [5.74, 6) is 0.766. The Labute approximate surface area is 126 Å². The Hall–Kier alpha value is -1.10. The van der Waals surface area contributed by atoms with E-state index in [4.69, 9.17) is 4.74 Å². The van der Waals surface area contributed by atoms with E-state index < -0.39 is 11.1 Å². The zero-order valence-corrected chi connectivity index (χ0v) is 13.3. The summed E-state index contributed by atoms with van der Waals surface area (Å²) in [5, 5.41) is 3.08. The largest absolute Gasteiger partial charge is 0.385 e. The molecular weight excluding hydrogens is 268 g/mol. The molecule has 2 saturated carbocycles. The predicted octanol–water partition coefficient (Wildman–Crippen LogP) is 1.32. The van der Waals surface area contributed by atoms with Crippen LogP contribution in [0.1, 0.15) is 46.0 Å². The maximum absolute atomic E-state index is 13.1. The van der Waals surface area contributed by atoms with Gasteiger partial charge < -0.3 is 15.0 Å². The average molecular weight is 294 g/mol. The molecule has 1 aliphatic heterocycles. The van der Waals surface area contributed by atoms with E-state index in [1.54, 1.807) is 7.11 Å². The first-order chi connectivity index (χ1) is 9.94. The minimum Gasteiger partial charge on any atom is -0.385 e. The van der Waals surface area contributed by atoms with Gasteiger partial charge in [0.25, 0.3) is 0 Å². The lowest BCUT2D eigenvalue weighted by Crippen LogP contribution is -2.75. The number of hydrogen-bond acceptors (Lipinski definition) is 3. The second-order valence-corrected chi connectivity index (χ2v) is 7.16. The second kappa shape index (κ2) is 4.97. The smallest absolute Gasteiger partial charge is 0.249 e. The fourth-order valence-corrected chi connectivity index (χ4v) is 3.72. The van der Waals surface area contributed by atoms with Gasteiger partial charge in [-0.15, -0.1) is 0 Å². The van der Waals surface area contributed by atoms with Crippen molar-refractivity contribution < 1.29 is 14.3 Å². The average Bonchev–Trinajstić information content (AvgIpc) is 3.31. The summed E-state index contributed by atoms with van der Waals surface area (Å²) >= 11 is 0. The van der Waals surface area contributed by atoms with Crippen molar-refractivity contribution in [3.05, 3.63) is 0 Å². The van der Waals surface area contributed by atoms with E-state index in [0.717, 1.165) is 32.1 Å². The van der Waals surface area contributed by atoms with Crippen molar-refractivity contribution in [1.82, 2.24) is 10.2 Å². The van der Waals surface area contributed by atoms with Crippen LogP contribution in [0, 0.1) is 11.8 Å². The minimum atomic E-state index is -0.696. The van der Waals surface area contributed by atoms with Gasteiger partial charge in [-0.2, -0.15) is 0 Å². The van der Waals surface area contributed by atoms with Gasteiger partial charge in [0.15, 0.2) is 0 Å². The van der Waals surface area contributed by atoms with Crippen LogP contribution in [0.4, 0.5) is 0 Å². The standard InChI is InChI=1S/C16H26N2O3/c1-15(11-5-6-11)14(20)18(9-4-10-21-3)16(2,12-7-8-12)13(19)17-15/h11-12H,4-10H2,1-3H3,(H,17,19). The van der Waals surface area contributed by atoms with Crippen molar-refractivity contribution in [2.24, 2.45) is 11.8 Å². The molecule has 3 aliphatic rings. The molecule has 0 bridgehead atoms. The highest BCUT2D eigenvalue weighted by atomic mass is 16.5. The van der Waals surface area contributed by atoms with Crippen LogP contribution in [0.25, 0.3) is 0 Å². The third kappa shape index (κ3) is 2.26. The molecule has 1 N–H and O–H groups in total. The highest BCUT2D eigenvalue weighted by Crippen LogP contribution is 2.49. The number of nitrogens with one attached hydrogen (secondary N) is 1. The highest BCUT2D eigenvalue weighted by molar-refractivity contribution is 6.02. The molecule has 2 unspecified atom stereocenters. The zero-order valence-electron chi connectivity index (χ0n) is 13.3. The van der Waals surface area contributed by atoms with Crippen LogP contribution in [0.3, 0.4) is 0 Å². The monoisotopic (exact) mass is 294 g/mol. The van der Waals surface area contributed by atoms with Crippen LogP contribution >= 0.6 is 0 Å². The SMILES string of the molecule is COCCCN1C(=O)C(C)(C2CC2)NC(=O)C1(C)C1CC1. The topological polar surface area (TPSA) is 58.6 Å². The second-order valence-electron chi connectivity index (χ2n) is 7.16. The summed E-state index contributed by atoms with van der Waals surface area (Å²) in [7, 11) is 1.67. The van der Waals surface area contributed by atoms with E-state index in [2.05, 4.69) is 5.32 Å². The lowest BCUT2D eigenvalue weighted by Gasteiger charge is -2.51. The van der Waals surface area contributed by atoms with E-state index in [1.807, 2.05) is 18.7 Å². The van der Waals surface area contributed by atoms with Gasteiger partial charge in [-0.25, -0.2) is 0 Å². The lowest BCUT2D eigenvalue weighted by molar-refractivity contribution is -0.164. The molecule has 0 aromatic carbocycles. The van der Waals surface area contributed by atoms with Gasteiger partial charge in [-0.1, -0.05) is 0 Å². The molecule has 2 aliphatic carbocycles. The van der Waals surface area contributed by atoms with Gasteiger partial charge in [-0.05, 0) is 57.8 Å². The first-order valence-electron chi connectivity index (χ1n) is 8.08. The van der Waals surface area contributed by atoms with E-state index in [9.17, 15) is 9.59 Å². The third-order valence-electron chi connectivity index (χ3n) is 5.58. The van der Waals surface area contributed by atoms with E-state index in [-0.39, 0.29) is 11.8 Å². The summed E-state index contributed by atoms with van der Waals surface area (Å²) in [6.45, 7) is 5.07. The number of methoxy groups -OCH3 is 1. The molecule has 5 nitrogen and oxygen atoms in total. The first-order valence-corrected chi connectivity index (χ1v) is 8.08. The number of nitrogens with zero attached hydrogens (tertiary/aromatic N) is 1. The van der Waals surface area contributed by atoms with Gasteiger partial charge in [0.05, 0.1) is 0 Å². The normalized spacial score (nSPS) is 36.8. The quantitative estimate of drug-likeness (QED) is 0.752. The summed E-state index contributed by atoms with van der Waals surface area (Å²) in [5.41, 5.74) is -1.36. The number of hydrogen-bond donors (Lipinski definition) is 1. The molecule has 3 fully saturated rings. The summed E-state index contributed by atoms with van der Waals surface area (Å²) in [6.07, 6.45) is 4.93. The molecule has 2 amide bonds. The molecule has 3 rings (SSSR count). The molecule has 0 spiro atoms. The molecule has 1 heterocycles. The molecule has 2 atom stereocenters. The number of rotatable bonds is 6. The maximum Gasteiger partial charge on any atom is 0.249 e. The van der Waals surface area contributed by atoms with Gasteiger partial charge in [0, 0.05) is 20.3 Å². The Bertz CT molecular complexity index is 458. The van der Waals surface area contributed by atoms with Crippen molar-refractivity contribution in [3.63, 3.8) is 0 Å². The van der Waals surface area contributed by atoms with Gasteiger partial charge in [-0.3, -0.25) is 9.59 Å².